The van der Waals surface area contributed by atoms with Crippen LogP contribution in [0.5, 0.6) is 0 Å². The number of carbonyl (C=O) groups excluding carboxylic acids is 1. The first kappa shape index (κ1) is 18.2. The molecule has 2 saturated heterocycles. The minimum absolute atomic E-state index is 0.137. The number of benzene rings is 1. The molecule has 2 aliphatic rings. The van der Waals surface area contributed by atoms with E-state index in [0.717, 1.165) is 18.9 Å². The molecule has 2 atom stereocenters. The van der Waals surface area contributed by atoms with Gasteiger partial charge in [-0.2, -0.15) is 13.2 Å². The molecule has 1 aromatic rings. The van der Waals surface area contributed by atoms with Crippen molar-refractivity contribution in [1.82, 2.24) is 4.90 Å². The molecule has 0 unspecified atom stereocenters. The molecule has 4 nitrogen and oxygen atoms in total. The molecule has 1 aromatic carbocycles. The number of hydrogen-bond acceptors (Lipinski definition) is 3. The lowest BCUT2D eigenvalue weighted by atomic mass is 9.84. The summed E-state index contributed by atoms with van der Waals surface area (Å²) in [6.45, 7) is 2.23. The molecule has 0 aromatic heterocycles. The number of piperidine rings is 1. The highest BCUT2D eigenvalue weighted by Crippen LogP contribution is 2.35. The van der Waals surface area contributed by atoms with Gasteiger partial charge in [0.15, 0.2) is 0 Å². The summed E-state index contributed by atoms with van der Waals surface area (Å²) in [5, 5.41) is 0. The van der Waals surface area contributed by atoms with Crippen LogP contribution in [0.1, 0.15) is 30.4 Å². The quantitative estimate of drug-likeness (QED) is 0.903. The molecular formula is C18H23F3N2O2. The maximum Gasteiger partial charge on any atom is 0.416 e. The summed E-state index contributed by atoms with van der Waals surface area (Å²) in [7, 11) is 0. The number of halogens is 3. The molecule has 2 N–H and O–H groups in total. The van der Waals surface area contributed by atoms with Crippen molar-refractivity contribution in [2.45, 2.75) is 38.1 Å². The third-order valence-electron chi connectivity index (χ3n) is 5.31. The first-order valence-electron chi connectivity index (χ1n) is 8.64. The summed E-state index contributed by atoms with van der Waals surface area (Å²) in [4.78, 5) is 13.6. The second-order valence-electron chi connectivity index (χ2n) is 6.90. The van der Waals surface area contributed by atoms with Gasteiger partial charge >= 0.3 is 6.18 Å². The lowest BCUT2D eigenvalue weighted by Gasteiger charge is -2.36. The lowest BCUT2D eigenvalue weighted by Crippen LogP contribution is -2.42. The molecule has 3 rings (SSSR count). The van der Waals surface area contributed by atoms with Crippen molar-refractivity contribution in [3.63, 3.8) is 0 Å². The molecular weight excluding hydrogens is 333 g/mol. The van der Waals surface area contributed by atoms with E-state index in [9.17, 15) is 18.0 Å². The topological polar surface area (TPSA) is 55.6 Å². The third kappa shape index (κ3) is 4.15. The summed E-state index contributed by atoms with van der Waals surface area (Å²) >= 11 is 0. The summed E-state index contributed by atoms with van der Waals surface area (Å²) in [6.07, 6.45) is -2.19. The van der Waals surface area contributed by atoms with E-state index in [1.54, 1.807) is 6.07 Å². The number of amides is 1. The zero-order valence-electron chi connectivity index (χ0n) is 14.0. The fourth-order valence-electron chi connectivity index (χ4n) is 4.00. The Labute approximate surface area is 145 Å². The summed E-state index contributed by atoms with van der Waals surface area (Å²) < 4.78 is 45.0. The maximum atomic E-state index is 13.1. The molecule has 2 aliphatic heterocycles. The van der Waals surface area contributed by atoms with E-state index in [1.165, 1.54) is 12.1 Å². The highest BCUT2D eigenvalue weighted by Gasteiger charge is 2.39. The van der Waals surface area contributed by atoms with Gasteiger partial charge in [0.2, 0.25) is 5.91 Å². The molecule has 7 heteroatoms. The van der Waals surface area contributed by atoms with Crippen molar-refractivity contribution in [2.75, 3.05) is 19.7 Å². The zero-order valence-corrected chi connectivity index (χ0v) is 14.0. The van der Waals surface area contributed by atoms with Gasteiger partial charge < -0.3 is 10.5 Å². The number of nitrogens with zero attached hydrogens (tertiary/aromatic N) is 1. The van der Waals surface area contributed by atoms with Crippen LogP contribution < -0.4 is 5.73 Å². The molecule has 25 heavy (non-hydrogen) atoms. The number of nitrogens with two attached hydrogens (primary N) is 1. The highest BCUT2D eigenvalue weighted by atomic mass is 19.4. The first-order chi connectivity index (χ1) is 11.9. The Hall–Kier alpha value is -1.60. The van der Waals surface area contributed by atoms with Gasteiger partial charge in [-0.1, -0.05) is 18.2 Å². The Bertz CT molecular complexity index is 613. The van der Waals surface area contributed by atoms with Gasteiger partial charge in [0.1, 0.15) is 0 Å². The molecule has 0 spiro atoms. The number of ether oxygens (including phenoxy) is 1. The van der Waals surface area contributed by atoms with Gasteiger partial charge in [0.25, 0.3) is 0 Å². The van der Waals surface area contributed by atoms with Crippen molar-refractivity contribution in [3.05, 3.63) is 35.4 Å². The van der Waals surface area contributed by atoms with Crippen molar-refractivity contribution in [2.24, 2.45) is 17.6 Å². The van der Waals surface area contributed by atoms with Crippen LogP contribution in [0.4, 0.5) is 13.2 Å². The van der Waals surface area contributed by atoms with Crippen LogP contribution in [0.2, 0.25) is 0 Å². The Morgan fingerprint density at radius 3 is 2.52 bits per heavy atom. The Morgan fingerprint density at radius 1 is 1.20 bits per heavy atom. The van der Waals surface area contributed by atoms with Gasteiger partial charge in [-0.25, -0.2) is 0 Å². The predicted octanol–water partition coefficient (Wildman–Crippen LogP) is 2.81. The van der Waals surface area contributed by atoms with Crippen LogP contribution in [0.25, 0.3) is 0 Å². The van der Waals surface area contributed by atoms with Gasteiger partial charge in [-0.3, -0.25) is 9.69 Å². The van der Waals surface area contributed by atoms with Crippen LogP contribution in [0, 0.1) is 11.8 Å². The fraction of sp³-hybridized carbons (Fsp3) is 0.611. The fourth-order valence-corrected chi connectivity index (χ4v) is 4.00. The maximum absolute atomic E-state index is 13.1. The van der Waals surface area contributed by atoms with E-state index < -0.39 is 11.7 Å². The highest BCUT2D eigenvalue weighted by molar-refractivity contribution is 5.77. The molecule has 0 saturated carbocycles. The van der Waals surface area contributed by atoms with E-state index in [4.69, 9.17) is 10.5 Å². The molecule has 2 fully saturated rings. The molecule has 0 bridgehead atoms. The number of hydrogen-bond donors (Lipinski definition) is 1. The number of alkyl halides is 3. The molecule has 1 amide bonds. The van der Waals surface area contributed by atoms with Gasteiger partial charge in [0, 0.05) is 13.2 Å². The Kier molecular flexibility index (Phi) is 5.34. The number of primary amides is 1. The summed E-state index contributed by atoms with van der Waals surface area (Å²) in [6, 6.07) is 5.73. The van der Waals surface area contributed by atoms with Crippen LogP contribution in [0.15, 0.2) is 24.3 Å². The van der Waals surface area contributed by atoms with Crippen LogP contribution in [-0.4, -0.2) is 36.6 Å². The smallest absolute Gasteiger partial charge is 0.377 e. The van der Waals surface area contributed by atoms with E-state index in [2.05, 4.69) is 0 Å². The lowest BCUT2D eigenvalue weighted by molar-refractivity contribution is -0.138. The van der Waals surface area contributed by atoms with E-state index >= 15 is 0 Å². The van der Waals surface area contributed by atoms with Crippen LogP contribution in [0.3, 0.4) is 0 Å². The van der Waals surface area contributed by atoms with E-state index in [-0.39, 0.29) is 30.4 Å². The molecule has 138 valence electrons. The minimum atomic E-state index is -4.33. The van der Waals surface area contributed by atoms with Crippen molar-refractivity contribution in [3.8, 4) is 0 Å². The third-order valence-corrected chi connectivity index (χ3v) is 5.31. The number of rotatable bonds is 4. The largest absolute Gasteiger partial charge is 0.416 e. The van der Waals surface area contributed by atoms with E-state index in [1.807, 2.05) is 4.90 Å². The zero-order chi connectivity index (χ0) is 18.0. The van der Waals surface area contributed by atoms with Crippen molar-refractivity contribution >= 4 is 5.91 Å². The average Bonchev–Trinajstić information content (AvgIpc) is 3.05. The second kappa shape index (κ2) is 7.33. The monoisotopic (exact) mass is 356 g/mol. The number of likely N-dealkylation sites (tertiary alicyclic amines) is 1. The van der Waals surface area contributed by atoms with E-state index in [0.29, 0.717) is 31.7 Å². The molecule has 2 heterocycles. The normalized spacial score (nSPS) is 26.0. The molecule has 0 aliphatic carbocycles. The van der Waals surface area contributed by atoms with Crippen molar-refractivity contribution < 1.29 is 22.7 Å². The summed E-state index contributed by atoms with van der Waals surface area (Å²) in [5.74, 6) is -0.305. The van der Waals surface area contributed by atoms with Crippen LogP contribution in [-0.2, 0) is 22.3 Å². The van der Waals surface area contributed by atoms with Crippen LogP contribution >= 0.6 is 0 Å². The van der Waals surface area contributed by atoms with Crippen molar-refractivity contribution in [1.29, 1.82) is 0 Å². The first-order valence-corrected chi connectivity index (χ1v) is 8.64. The average molecular weight is 356 g/mol. The van der Waals surface area contributed by atoms with Gasteiger partial charge in [-0.15, -0.1) is 0 Å². The van der Waals surface area contributed by atoms with Gasteiger partial charge in [0.05, 0.1) is 17.6 Å². The van der Waals surface area contributed by atoms with Gasteiger partial charge in [-0.05, 0) is 49.9 Å². The molecule has 0 radical (unpaired) electrons. The Morgan fingerprint density at radius 2 is 1.88 bits per heavy atom. The SMILES string of the molecule is NC(=O)[C@H]1CCO[C@@H]1C1CCN(Cc2ccccc2C(F)(F)F)CC1. The second-order valence-corrected chi connectivity index (χ2v) is 6.90. The minimum Gasteiger partial charge on any atom is -0.377 e. The summed E-state index contributed by atoms with van der Waals surface area (Å²) in [5.41, 5.74) is 5.19. The number of carbonyl (C=O) groups is 1. The standard InChI is InChI=1S/C18H23F3N2O2/c19-18(20,21)15-4-2-1-3-13(15)11-23-8-5-12(6-9-23)16-14(17(22)24)7-10-25-16/h1-4,12,14,16H,5-11H2,(H2,22,24)/t14-,16+/m0/s1. The Balaban J connectivity index is 1.60. The predicted molar refractivity (Wildman–Crippen MR) is 86.5 cm³/mol.